The van der Waals surface area contributed by atoms with E-state index in [0.29, 0.717) is 19.3 Å². The number of allylic oxidation sites excluding steroid dienone is 15. The summed E-state index contributed by atoms with van der Waals surface area (Å²) in [6, 6.07) is 0. The summed E-state index contributed by atoms with van der Waals surface area (Å²) in [7, 11) is -5.22. The zero-order valence-corrected chi connectivity index (χ0v) is 39.4. The SMILES string of the molecule is CC/C=C\C/C=C\C/C=C\C/C=C\C[C@@H](O)[C@H](O)CCCC(=O)O[C@H](COC(=O)CCC/C=C\C/C=C\C/C=C\C/C=C\CCCCC)COP(=O)(O)OC1[C@H](O)[C@H](O)C(O)[C@H](O)[C@H]1O. The molecule has 10 atom stereocenters. The maximum Gasteiger partial charge on any atom is 0.472 e. The monoisotopic (exact) mass is 939 g/mol. The van der Waals surface area contributed by atoms with E-state index in [1.165, 1.54) is 19.3 Å². The second kappa shape index (κ2) is 37.7. The van der Waals surface area contributed by atoms with E-state index < -0.39 is 87.9 Å². The first-order valence-corrected chi connectivity index (χ1v) is 24.7. The van der Waals surface area contributed by atoms with Gasteiger partial charge in [0.25, 0.3) is 0 Å². The Kier molecular flexibility index (Phi) is 34.7. The van der Waals surface area contributed by atoms with Crippen LogP contribution in [0.4, 0.5) is 0 Å². The van der Waals surface area contributed by atoms with E-state index in [0.717, 1.165) is 44.9 Å². The number of phosphoric ester groups is 1. The molecule has 1 aliphatic carbocycles. The molecule has 0 aromatic rings. The van der Waals surface area contributed by atoms with Crippen molar-refractivity contribution in [2.24, 2.45) is 0 Å². The van der Waals surface area contributed by atoms with E-state index in [4.69, 9.17) is 18.5 Å². The predicted octanol–water partition coefficient (Wildman–Crippen LogP) is 6.99. The Labute approximate surface area is 386 Å². The van der Waals surface area contributed by atoms with Crippen LogP contribution in [0.2, 0.25) is 0 Å². The molecule has 15 nitrogen and oxygen atoms in total. The molecule has 8 N–H and O–H groups in total. The second-order valence-corrected chi connectivity index (χ2v) is 17.2. The van der Waals surface area contributed by atoms with Gasteiger partial charge in [-0.15, -0.1) is 0 Å². The maximum absolute atomic E-state index is 12.8. The molecule has 0 heterocycles. The van der Waals surface area contributed by atoms with Gasteiger partial charge in [-0.3, -0.25) is 18.6 Å². The Morgan fingerprint density at radius 1 is 0.554 bits per heavy atom. The highest BCUT2D eigenvalue weighted by molar-refractivity contribution is 7.47. The minimum Gasteiger partial charge on any atom is -0.462 e. The number of aliphatic hydroxyl groups is 7. The molecular formula is C49H79O15P. The molecular weight excluding hydrogens is 859 g/mol. The van der Waals surface area contributed by atoms with Gasteiger partial charge in [-0.2, -0.15) is 0 Å². The molecule has 16 heteroatoms. The number of aliphatic hydroxyl groups excluding tert-OH is 7. The predicted molar refractivity (Wildman–Crippen MR) is 251 cm³/mol. The van der Waals surface area contributed by atoms with Gasteiger partial charge < -0.3 is 50.1 Å². The molecule has 370 valence electrons. The van der Waals surface area contributed by atoms with Crippen molar-refractivity contribution in [3.63, 3.8) is 0 Å². The number of carbonyl (C=O) groups is 2. The average molecular weight is 939 g/mol. The number of phosphoric acid groups is 1. The third-order valence-electron chi connectivity index (χ3n) is 10.1. The number of ether oxygens (including phenoxy) is 2. The molecule has 1 aliphatic rings. The number of unbranched alkanes of at least 4 members (excludes halogenated alkanes) is 4. The molecule has 0 spiro atoms. The van der Waals surface area contributed by atoms with E-state index in [1.54, 1.807) is 6.08 Å². The van der Waals surface area contributed by atoms with Gasteiger partial charge >= 0.3 is 19.8 Å². The molecule has 0 aromatic heterocycles. The fraction of sp³-hybridized carbons (Fsp3) is 0.633. The van der Waals surface area contributed by atoms with Crippen LogP contribution in [0.25, 0.3) is 0 Å². The highest BCUT2D eigenvalue weighted by atomic mass is 31.2. The van der Waals surface area contributed by atoms with Crippen LogP contribution < -0.4 is 0 Å². The van der Waals surface area contributed by atoms with Crippen molar-refractivity contribution in [3.05, 3.63) is 97.2 Å². The van der Waals surface area contributed by atoms with E-state index in [1.807, 2.05) is 30.4 Å². The summed E-state index contributed by atoms with van der Waals surface area (Å²) in [6.07, 6.45) is 29.0. The van der Waals surface area contributed by atoms with E-state index in [2.05, 4.69) is 74.6 Å². The molecule has 0 saturated heterocycles. The van der Waals surface area contributed by atoms with Crippen molar-refractivity contribution in [2.45, 2.75) is 184 Å². The van der Waals surface area contributed by atoms with Gasteiger partial charge in [0.05, 0.1) is 18.8 Å². The topological polar surface area (TPSA) is 250 Å². The smallest absolute Gasteiger partial charge is 0.462 e. The van der Waals surface area contributed by atoms with Crippen LogP contribution in [0.1, 0.15) is 129 Å². The van der Waals surface area contributed by atoms with Gasteiger partial charge in [0.2, 0.25) is 0 Å². The van der Waals surface area contributed by atoms with Gasteiger partial charge in [-0.1, -0.05) is 124 Å². The van der Waals surface area contributed by atoms with Crippen molar-refractivity contribution < 1.29 is 73.3 Å². The average Bonchev–Trinajstić information content (AvgIpc) is 3.28. The zero-order valence-electron chi connectivity index (χ0n) is 38.5. The van der Waals surface area contributed by atoms with Gasteiger partial charge in [-0.25, -0.2) is 4.57 Å². The fourth-order valence-electron chi connectivity index (χ4n) is 6.25. The Morgan fingerprint density at radius 3 is 1.54 bits per heavy atom. The normalized spacial score (nSPS) is 23.3. The minimum absolute atomic E-state index is 0.0240. The van der Waals surface area contributed by atoms with E-state index >= 15 is 0 Å². The molecule has 65 heavy (non-hydrogen) atoms. The number of carbonyl (C=O) groups excluding carboxylic acids is 2. The van der Waals surface area contributed by atoms with Crippen LogP contribution in [-0.4, -0.2) is 121 Å². The Bertz CT molecular complexity index is 1540. The molecule has 1 fully saturated rings. The largest absolute Gasteiger partial charge is 0.472 e. The van der Waals surface area contributed by atoms with Gasteiger partial charge in [0, 0.05) is 12.8 Å². The lowest BCUT2D eigenvalue weighted by Crippen LogP contribution is -2.64. The molecule has 0 aromatic carbocycles. The lowest BCUT2D eigenvalue weighted by molar-refractivity contribution is -0.220. The quantitative estimate of drug-likeness (QED) is 0.0136. The summed E-state index contributed by atoms with van der Waals surface area (Å²) < 4.78 is 33.3. The van der Waals surface area contributed by atoms with Gasteiger partial charge in [0.15, 0.2) is 6.10 Å². The Balaban J connectivity index is 2.63. The molecule has 0 radical (unpaired) electrons. The van der Waals surface area contributed by atoms with E-state index in [-0.39, 0.29) is 32.1 Å². The first kappa shape index (κ1) is 59.7. The summed E-state index contributed by atoms with van der Waals surface area (Å²) in [4.78, 5) is 35.7. The zero-order chi connectivity index (χ0) is 48.1. The Morgan fingerprint density at radius 2 is 1.02 bits per heavy atom. The highest BCUT2D eigenvalue weighted by Gasteiger charge is 2.51. The lowest BCUT2D eigenvalue weighted by atomic mass is 9.85. The number of rotatable bonds is 36. The van der Waals surface area contributed by atoms with Crippen molar-refractivity contribution in [1.29, 1.82) is 0 Å². The van der Waals surface area contributed by atoms with E-state index in [9.17, 15) is 54.8 Å². The number of hydrogen-bond acceptors (Lipinski definition) is 14. The van der Waals surface area contributed by atoms with Crippen LogP contribution in [0, 0.1) is 0 Å². The molecule has 0 bridgehead atoms. The van der Waals surface area contributed by atoms with Crippen molar-refractivity contribution in [3.8, 4) is 0 Å². The first-order valence-electron chi connectivity index (χ1n) is 23.2. The first-order chi connectivity index (χ1) is 31.2. The number of esters is 2. The molecule has 0 amide bonds. The highest BCUT2D eigenvalue weighted by Crippen LogP contribution is 2.47. The van der Waals surface area contributed by atoms with Gasteiger partial charge in [0.1, 0.15) is 43.2 Å². The fourth-order valence-corrected chi connectivity index (χ4v) is 7.22. The second-order valence-electron chi connectivity index (χ2n) is 15.8. The number of hydrogen-bond donors (Lipinski definition) is 8. The summed E-state index contributed by atoms with van der Waals surface area (Å²) in [5.41, 5.74) is 0. The summed E-state index contributed by atoms with van der Waals surface area (Å²) in [6.45, 7) is 2.84. The molecule has 1 saturated carbocycles. The molecule has 1 rings (SSSR count). The van der Waals surface area contributed by atoms with Crippen LogP contribution in [0.3, 0.4) is 0 Å². The van der Waals surface area contributed by atoms with Crippen LogP contribution in [0.15, 0.2) is 97.2 Å². The minimum atomic E-state index is -5.22. The third kappa shape index (κ3) is 29.8. The maximum atomic E-state index is 12.8. The standard InChI is InChI=1S/C49H79O15P/c1-3-5-7-9-11-13-15-17-18-19-20-21-23-25-27-29-31-35-42(52)61-37-39(38-62-65(59,60)64-49-47(57)45(55)44(54)46(56)48(49)58)63-43(53)36-32-34-41(51)40(50)33-30-28-26-24-22-16-14-12-10-8-6-4-2/h6,8,11-14,17-18,20-22,24-25,27-28,30,39-41,44-51,54-58H,3-5,7,9-10,15-16,19,23,26,29,31-38H2,1-2H3,(H,59,60)/b8-6-,13-11-,14-12-,18-17-,21-20-,24-22-,27-25-,30-28-/t39-,40-,41-,44?,45-,46+,47-,48-,49?/m1/s1. The molecule has 0 aliphatic heterocycles. The van der Waals surface area contributed by atoms with Crippen molar-refractivity contribution in [2.75, 3.05) is 13.2 Å². The van der Waals surface area contributed by atoms with Crippen molar-refractivity contribution >= 4 is 19.8 Å². The lowest BCUT2D eigenvalue weighted by Gasteiger charge is -2.41. The summed E-state index contributed by atoms with van der Waals surface area (Å²) in [5, 5.41) is 71.0. The third-order valence-corrected chi connectivity index (χ3v) is 11.1. The molecule has 3 unspecified atom stereocenters. The van der Waals surface area contributed by atoms with Crippen LogP contribution in [0.5, 0.6) is 0 Å². The van der Waals surface area contributed by atoms with Crippen molar-refractivity contribution in [1.82, 2.24) is 0 Å². The Hall–Kier alpha value is -3.31. The summed E-state index contributed by atoms with van der Waals surface area (Å²) in [5.74, 6) is -1.46. The summed E-state index contributed by atoms with van der Waals surface area (Å²) >= 11 is 0. The van der Waals surface area contributed by atoms with Gasteiger partial charge in [-0.05, 0) is 89.9 Å². The van der Waals surface area contributed by atoms with Crippen LogP contribution in [-0.2, 0) is 32.7 Å². The van der Waals surface area contributed by atoms with Crippen LogP contribution >= 0.6 is 7.82 Å².